The number of aryl methyl sites for hydroxylation is 2. The molecule has 1 N–H and O–H groups in total. The lowest BCUT2D eigenvalue weighted by Crippen LogP contribution is -2.14. The summed E-state index contributed by atoms with van der Waals surface area (Å²) in [6.07, 6.45) is 2.26. The van der Waals surface area contributed by atoms with Crippen molar-refractivity contribution in [3.05, 3.63) is 18.0 Å². The highest BCUT2D eigenvalue weighted by Crippen LogP contribution is 1.98. The molecule has 0 aliphatic heterocycles. The van der Waals surface area contributed by atoms with Gasteiger partial charge in [0.2, 0.25) is 0 Å². The number of aliphatic carboxylic acids is 1. The number of carbonyl (C=O) groups is 1. The molecule has 0 aliphatic carbocycles. The summed E-state index contributed by atoms with van der Waals surface area (Å²) in [5.41, 5.74) is 0.962. The van der Waals surface area contributed by atoms with Gasteiger partial charge in [-0.1, -0.05) is 0 Å². The Kier molecular flexibility index (Phi) is 3.82. The van der Waals surface area contributed by atoms with Crippen LogP contribution in [0.4, 0.5) is 0 Å². The number of carboxylic acids is 1. The Morgan fingerprint density at radius 3 is 2.93 bits per heavy atom. The molecule has 0 aromatic carbocycles. The lowest BCUT2D eigenvalue weighted by Gasteiger charge is -2.00. The van der Waals surface area contributed by atoms with Crippen molar-refractivity contribution in [1.82, 2.24) is 9.78 Å². The molecule has 0 saturated heterocycles. The van der Waals surface area contributed by atoms with Gasteiger partial charge in [-0.15, -0.1) is 0 Å². The molecule has 0 radical (unpaired) electrons. The molecule has 1 aromatic heterocycles. The zero-order valence-corrected chi connectivity index (χ0v) is 8.66. The molecule has 78 valence electrons. The van der Waals surface area contributed by atoms with Crippen LogP contribution in [-0.2, 0) is 29.1 Å². The van der Waals surface area contributed by atoms with Gasteiger partial charge < -0.3 is 5.11 Å². The minimum Gasteiger partial charge on any atom is -0.481 e. The Balaban J connectivity index is 2.38. The molecule has 0 aliphatic rings. The average Bonchev–Trinajstić information content (AvgIpc) is 2.46. The van der Waals surface area contributed by atoms with Crippen molar-refractivity contribution in [2.75, 3.05) is 11.5 Å². The van der Waals surface area contributed by atoms with Crippen LogP contribution in [0.3, 0.4) is 0 Å². The third-order valence-corrected chi connectivity index (χ3v) is 3.02. The van der Waals surface area contributed by atoms with Crippen LogP contribution >= 0.6 is 0 Å². The standard InChI is InChI=1S/C8H12N2O3S/c1-10-7(2-4-9-10)3-5-14(13)6-8(11)12/h2,4H,3,5-6H2,1H3,(H,11,12). The molecule has 5 nitrogen and oxygen atoms in total. The second-order valence-electron chi connectivity index (χ2n) is 2.88. The monoisotopic (exact) mass is 216 g/mol. The fourth-order valence-corrected chi connectivity index (χ4v) is 1.93. The minimum absolute atomic E-state index is 0.280. The van der Waals surface area contributed by atoms with E-state index in [1.54, 1.807) is 17.9 Å². The molecule has 1 heterocycles. The maximum atomic E-state index is 11.2. The number of hydrogen-bond donors (Lipinski definition) is 1. The number of rotatable bonds is 5. The molecule has 0 saturated carbocycles. The topological polar surface area (TPSA) is 72.2 Å². The second-order valence-corrected chi connectivity index (χ2v) is 4.45. The lowest BCUT2D eigenvalue weighted by atomic mass is 10.3. The van der Waals surface area contributed by atoms with Gasteiger partial charge in [-0.3, -0.25) is 13.7 Å². The van der Waals surface area contributed by atoms with Gasteiger partial charge in [0, 0.05) is 41.9 Å². The van der Waals surface area contributed by atoms with Gasteiger partial charge in [0.25, 0.3) is 0 Å². The number of aromatic nitrogens is 2. The van der Waals surface area contributed by atoms with Crippen molar-refractivity contribution in [1.29, 1.82) is 0 Å². The van der Waals surface area contributed by atoms with Crippen LogP contribution in [0.25, 0.3) is 0 Å². The number of hydrogen-bond acceptors (Lipinski definition) is 3. The maximum Gasteiger partial charge on any atom is 0.316 e. The van der Waals surface area contributed by atoms with E-state index in [0.29, 0.717) is 12.2 Å². The zero-order valence-electron chi connectivity index (χ0n) is 7.84. The van der Waals surface area contributed by atoms with Crippen LogP contribution in [0.5, 0.6) is 0 Å². The third-order valence-electron chi connectivity index (χ3n) is 1.79. The highest BCUT2D eigenvalue weighted by Gasteiger charge is 2.07. The van der Waals surface area contributed by atoms with E-state index in [1.807, 2.05) is 6.07 Å². The van der Waals surface area contributed by atoms with Crippen molar-refractivity contribution < 1.29 is 14.1 Å². The van der Waals surface area contributed by atoms with Gasteiger partial charge in [0.15, 0.2) is 0 Å². The Labute approximate surface area is 84.2 Å². The van der Waals surface area contributed by atoms with Crippen molar-refractivity contribution in [2.24, 2.45) is 7.05 Å². The molecule has 1 rings (SSSR count). The average molecular weight is 216 g/mol. The van der Waals surface area contributed by atoms with E-state index in [9.17, 15) is 9.00 Å². The molecule has 1 unspecified atom stereocenters. The third kappa shape index (κ3) is 3.29. The molecule has 6 heteroatoms. The summed E-state index contributed by atoms with van der Waals surface area (Å²) in [7, 11) is 0.517. The van der Waals surface area contributed by atoms with Crippen molar-refractivity contribution >= 4 is 16.8 Å². The van der Waals surface area contributed by atoms with Gasteiger partial charge in [0.05, 0.1) is 0 Å². The smallest absolute Gasteiger partial charge is 0.316 e. The summed E-state index contributed by atoms with van der Waals surface area (Å²) in [5.74, 6) is -0.933. The van der Waals surface area contributed by atoms with E-state index in [-0.39, 0.29) is 5.75 Å². The predicted molar refractivity (Wildman–Crippen MR) is 52.4 cm³/mol. The summed E-state index contributed by atoms with van der Waals surface area (Å²) in [4.78, 5) is 10.2. The summed E-state index contributed by atoms with van der Waals surface area (Å²) in [6.45, 7) is 0. The Hall–Kier alpha value is -1.17. The summed E-state index contributed by atoms with van der Waals surface area (Å²) < 4.78 is 12.9. The molecular formula is C8H12N2O3S. The van der Waals surface area contributed by atoms with Crippen LogP contribution in [0, 0.1) is 0 Å². The normalized spacial score (nSPS) is 12.6. The Bertz CT molecular complexity index is 348. The predicted octanol–water partition coefficient (Wildman–Crippen LogP) is -0.204. The van der Waals surface area contributed by atoms with E-state index in [0.717, 1.165) is 5.69 Å². The van der Waals surface area contributed by atoms with E-state index in [4.69, 9.17) is 5.11 Å². The first-order valence-electron chi connectivity index (χ1n) is 4.13. The summed E-state index contributed by atoms with van der Waals surface area (Å²) >= 11 is 0. The van der Waals surface area contributed by atoms with Gasteiger partial charge in [-0.2, -0.15) is 5.10 Å². The van der Waals surface area contributed by atoms with Gasteiger partial charge >= 0.3 is 5.97 Å². The molecule has 1 atom stereocenters. The van der Waals surface area contributed by atoms with Crippen molar-refractivity contribution in [3.63, 3.8) is 0 Å². The summed E-state index contributed by atoms with van der Waals surface area (Å²) in [6, 6.07) is 1.83. The largest absolute Gasteiger partial charge is 0.481 e. The molecular weight excluding hydrogens is 204 g/mol. The van der Waals surface area contributed by atoms with Crippen LogP contribution in [0.1, 0.15) is 5.69 Å². The van der Waals surface area contributed by atoms with Gasteiger partial charge in [-0.05, 0) is 6.07 Å². The fraction of sp³-hybridized carbons (Fsp3) is 0.500. The minimum atomic E-state index is -1.28. The second kappa shape index (κ2) is 4.90. The number of carboxylic acid groups (broad SMARTS) is 1. The van der Waals surface area contributed by atoms with Crippen LogP contribution < -0.4 is 0 Å². The highest BCUT2D eigenvalue weighted by molar-refractivity contribution is 7.85. The van der Waals surface area contributed by atoms with E-state index in [1.165, 1.54) is 0 Å². The molecule has 0 bridgehead atoms. The summed E-state index contributed by atoms with van der Waals surface area (Å²) in [5, 5.41) is 12.3. The van der Waals surface area contributed by atoms with Gasteiger partial charge in [-0.25, -0.2) is 0 Å². The first-order valence-corrected chi connectivity index (χ1v) is 5.62. The number of nitrogens with zero attached hydrogens (tertiary/aromatic N) is 2. The Morgan fingerprint density at radius 2 is 2.43 bits per heavy atom. The SMILES string of the molecule is Cn1nccc1CCS(=O)CC(=O)O. The molecule has 0 fully saturated rings. The first-order chi connectivity index (χ1) is 6.59. The van der Waals surface area contributed by atoms with E-state index >= 15 is 0 Å². The molecule has 14 heavy (non-hydrogen) atoms. The van der Waals surface area contributed by atoms with Crippen molar-refractivity contribution in [3.8, 4) is 0 Å². The quantitative estimate of drug-likeness (QED) is 0.739. The van der Waals surface area contributed by atoms with Crippen LogP contribution in [0.2, 0.25) is 0 Å². The first kappa shape index (κ1) is 10.9. The van der Waals surface area contributed by atoms with Crippen LogP contribution in [-0.4, -0.2) is 36.6 Å². The van der Waals surface area contributed by atoms with Crippen LogP contribution in [0.15, 0.2) is 12.3 Å². The molecule has 0 spiro atoms. The fourth-order valence-electron chi connectivity index (χ4n) is 1.07. The van der Waals surface area contributed by atoms with Crippen molar-refractivity contribution in [2.45, 2.75) is 6.42 Å². The Morgan fingerprint density at radius 1 is 1.71 bits per heavy atom. The van der Waals surface area contributed by atoms with Gasteiger partial charge in [0.1, 0.15) is 5.75 Å². The lowest BCUT2D eigenvalue weighted by molar-refractivity contribution is -0.133. The molecule has 1 aromatic rings. The molecule has 0 amide bonds. The van der Waals surface area contributed by atoms with E-state index < -0.39 is 16.8 Å². The highest BCUT2D eigenvalue weighted by atomic mass is 32.2. The zero-order chi connectivity index (χ0) is 10.6. The maximum absolute atomic E-state index is 11.2. The van der Waals surface area contributed by atoms with E-state index in [2.05, 4.69) is 5.10 Å².